The molecule has 0 spiro atoms. The summed E-state index contributed by atoms with van der Waals surface area (Å²) in [6.07, 6.45) is 0. The fourth-order valence-corrected chi connectivity index (χ4v) is 1.23. The van der Waals surface area contributed by atoms with Gasteiger partial charge < -0.3 is 10.6 Å². The van der Waals surface area contributed by atoms with Crippen molar-refractivity contribution in [1.29, 1.82) is 0 Å². The molecule has 1 aromatic heterocycles. The van der Waals surface area contributed by atoms with Crippen molar-refractivity contribution in [3.8, 4) is 5.75 Å². The molecular weight excluding hydrogens is 202 g/mol. The molecular formula is C10H12ClNO2. The van der Waals surface area contributed by atoms with Gasteiger partial charge in [-0.3, -0.25) is 0 Å². The Morgan fingerprint density at radius 1 is 1.14 bits per heavy atom. The van der Waals surface area contributed by atoms with E-state index in [-0.39, 0.29) is 23.6 Å². The molecule has 0 aliphatic rings. The van der Waals surface area contributed by atoms with Crippen LogP contribution in [0.25, 0.3) is 10.9 Å². The van der Waals surface area contributed by atoms with Crippen molar-refractivity contribution in [3.63, 3.8) is 0 Å². The van der Waals surface area contributed by atoms with Gasteiger partial charge in [-0.1, -0.05) is 18.2 Å². The van der Waals surface area contributed by atoms with Crippen molar-refractivity contribution in [2.45, 2.75) is 6.92 Å². The monoisotopic (exact) mass is 213 g/mol. The number of halogens is 1. The maximum absolute atomic E-state index is 9.43. The van der Waals surface area contributed by atoms with E-state index in [4.69, 9.17) is 0 Å². The largest absolute Gasteiger partial charge is 0.506 e. The lowest BCUT2D eigenvalue weighted by Gasteiger charge is -1.99. The third-order valence-corrected chi connectivity index (χ3v) is 1.84. The van der Waals surface area contributed by atoms with Crippen LogP contribution in [-0.4, -0.2) is 15.6 Å². The summed E-state index contributed by atoms with van der Waals surface area (Å²) < 4.78 is 0. The summed E-state index contributed by atoms with van der Waals surface area (Å²) in [5.74, 6) is 0.246. The lowest BCUT2D eigenvalue weighted by molar-refractivity contribution is 0.480. The van der Waals surface area contributed by atoms with Crippen molar-refractivity contribution >= 4 is 23.3 Å². The van der Waals surface area contributed by atoms with Gasteiger partial charge in [0.15, 0.2) is 0 Å². The lowest BCUT2D eigenvalue weighted by atomic mass is 10.2. The molecule has 4 heteroatoms. The average Bonchev–Trinajstić information content (AvgIpc) is 2.07. The zero-order chi connectivity index (χ0) is 8.55. The molecule has 0 amide bonds. The highest BCUT2D eigenvalue weighted by molar-refractivity contribution is 5.85. The number of phenols is 1. The normalized spacial score (nSPS) is 8.93. The zero-order valence-electron chi connectivity index (χ0n) is 7.69. The van der Waals surface area contributed by atoms with Gasteiger partial charge in [-0.2, -0.15) is 0 Å². The number of benzene rings is 1. The number of fused-ring (bicyclic) bond motifs is 1. The topological polar surface area (TPSA) is 64.6 Å². The van der Waals surface area contributed by atoms with Crippen LogP contribution in [0.3, 0.4) is 0 Å². The number of hydrogen-bond donors (Lipinski definition) is 1. The van der Waals surface area contributed by atoms with Gasteiger partial charge in [0.1, 0.15) is 11.3 Å². The Morgan fingerprint density at radius 3 is 2.57 bits per heavy atom. The van der Waals surface area contributed by atoms with Crippen LogP contribution < -0.4 is 0 Å². The molecule has 3 N–H and O–H groups in total. The molecule has 0 bridgehead atoms. The van der Waals surface area contributed by atoms with E-state index in [1.54, 1.807) is 6.07 Å². The van der Waals surface area contributed by atoms with E-state index >= 15 is 0 Å². The number of aromatic nitrogens is 1. The average molecular weight is 214 g/mol. The Hall–Kier alpha value is -1.32. The van der Waals surface area contributed by atoms with Gasteiger partial charge in [-0.25, -0.2) is 4.98 Å². The van der Waals surface area contributed by atoms with E-state index in [9.17, 15) is 5.11 Å². The number of aryl methyl sites for hydroxylation is 1. The van der Waals surface area contributed by atoms with Crippen molar-refractivity contribution < 1.29 is 10.6 Å². The van der Waals surface area contributed by atoms with Crippen molar-refractivity contribution in [1.82, 2.24) is 4.98 Å². The van der Waals surface area contributed by atoms with E-state index < -0.39 is 0 Å². The summed E-state index contributed by atoms with van der Waals surface area (Å²) in [5, 5.41) is 10.4. The maximum atomic E-state index is 9.43. The fraction of sp³-hybridized carbons (Fsp3) is 0.100. The molecule has 0 fully saturated rings. The van der Waals surface area contributed by atoms with Crippen LogP contribution in [0.5, 0.6) is 5.75 Å². The predicted molar refractivity (Wildman–Crippen MR) is 59.0 cm³/mol. The van der Waals surface area contributed by atoms with Gasteiger partial charge in [0.05, 0.1) is 0 Å². The minimum atomic E-state index is 0. The zero-order valence-corrected chi connectivity index (χ0v) is 8.51. The molecule has 0 saturated carbocycles. The van der Waals surface area contributed by atoms with E-state index in [0.29, 0.717) is 5.52 Å². The molecule has 2 rings (SSSR count). The molecule has 0 saturated heterocycles. The SMILES string of the molecule is Cc1ccc2cccc(O)c2n1.Cl.O. The molecule has 14 heavy (non-hydrogen) atoms. The first kappa shape index (κ1) is 12.7. The van der Waals surface area contributed by atoms with Crippen LogP contribution in [0.4, 0.5) is 0 Å². The van der Waals surface area contributed by atoms with Gasteiger partial charge in [0.25, 0.3) is 0 Å². The highest BCUT2D eigenvalue weighted by Crippen LogP contribution is 2.21. The standard InChI is InChI=1S/C10H9NO.ClH.H2O/c1-7-5-6-8-3-2-4-9(12)10(8)11-7;;/h2-6,12H,1H3;1H;1H2. The molecule has 0 aliphatic heterocycles. The highest BCUT2D eigenvalue weighted by Gasteiger charge is 1.98. The first-order valence-corrected chi connectivity index (χ1v) is 3.83. The van der Waals surface area contributed by atoms with Crippen molar-refractivity contribution in [2.24, 2.45) is 0 Å². The molecule has 0 radical (unpaired) electrons. The first-order valence-electron chi connectivity index (χ1n) is 3.83. The van der Waals surface area contributed by atoms with Gasteiger partial charge in [-0.05, 0) is 19.1 Å². The first-order chi connectivity index (χ1) is 5.77. The summed E-state index contributed by atoms with van der Waals surface area (Å²) >= 11 is 0. The summed E-state index contributed by atoms with van der Waals surface area (Å²) in [4.78, 5) is 4.23. The van der Waals surface area contributed by atoms with Crippen LogP contribution in [0.15, 0.2) is 30.3 Å². The number of para-hydroxylation sites is 1. The van der Waals surface area contributed by atoms with E-state index in [1.807, 2.05) is 31.2 Å². The van der Waals surface area contributed by atoms with Gasteiger partial charge in [0.2, 0.25) is 0 Å². The molecule has 0 aliphatic carbocycles. The second kappa shape index (κ2) is 4.79. The van der Waals surface area contributed by atoms with Crippen molar-refractivity contribution in [2.75, 3.05) is 0 Å². The van der Waals surface area contributed by atoms with E-state index in [2.05, 4.69) is 4.98 Å². The van der Waals surface area contributed by atoms with Gasteiger partial charge >= 0.3 is 0 Å². The predicted octanol–water partition coefficient (Wildman–Crippen LogP) is 1.85. The van der Waals surface area contributed by atoms with E-state index in [1.165, 1.54) is 0 Å². The minimum absolute atomic E-state index is 0. The fourth-order valence-electron chi connectivity index (χ4n) is 1.23. The lowest BCUT2D eigenvalue weighted by Crippen LogP contribution is -1.82. The maximum Gasteiger partial charge on any atom is 0.141 e. The molecule has 76 valence electrons. The molecule has 2 aromatic rings. The van der Waals surface area contributed by atoms with Crippen LogP contribution in [0.1, 0.15) is 5.69 Å². The molecule has 1 aromatic carbocycles. The second-order valence-electron chi connectivity index (χ2n) is 2.80. The second-order valence-corrected chi connectivity index (χ2v) is 2.80. The smallest absolute Gasteiger partial charge is 0.141 e. The summed E-state index contributed by atoms with van der Waals surface area (Å²) in [6.45, 7) is 1.91. The summed E-state index contributed by atoms with van der Waals surface area (Å²) in [6, 6.07) is 9.28. The molecule has 0 atom stereocenters. The Morgan fingerprint density at radius 2 is 1.86 bits per heavy atom. The molecule has 0 unspecified atom stereocenters. The number of pyridine rings is 1. The third-order valence-electron chi connectivity index (χ3n) is 1.84. The Labute approximate surface area is 88.1 Å². The van der Waals surface area contributed by atoms with Crippen LogP contribution >= 0.6 is 12.4 Å². The minimum Gasteiger partial charge on any atom is -0.506 e. The summed E-state index contributed by atoms with van der Waals surface area (Å²) in [7, 11) is 0. The number of aromatic hydroxyl groups is 1. The Kier molecular flexibility index (Phi) is 4.34. The number of phenolic OH excluding ortho intramolecular Hbond substituents is 1. The Bertz CT molecular complexity index is 431. The molecule has 3 nitrogen and oxygen atoms in total. The van der Waals surface area contributed by atoms with Crippen LogP contribution in [0.2, 0.25) is 0 Å². The van der Waals surface area contributed by atoms with Crippen LogP contribution in [-0.2, 0) is 0 Å². The van der Waals surface area contributed by atoms with Gasteiger partial charge in [0, 0.05) is 11.1 Å². The number of nitrogens with zero attached hydrogens (tertiary/aromatic N) is 1. The van der Waals surface area contributed by atoms with Crippen molar-refractivity contribution in [3.05, 3.63) is 36.0 Å². The third kappa shape index (κ3) is 2.13. The van der Waals surface area contributed by atoms with Crippen LogP contribution in [0, 0.1) is 6.92 Å². The van der Waals surface area contributed by atoms with E-state index in [0.717, 1.165) is 11.1 Å². The molecule has 1 heterocycles. The quantitative estimate of drug-likeness (QED) is 0.726. The highest BCUT2D eigenvalue weighted by atomic mass is 35.5. The Balaban J connectivity index is 0.000000845. The van der Waals surface area contributed by atoms with Gasteiger partial charge in [-0.15, -0.1) is 12.4 Å². The number of rotatable bonds is 0. The number of hydrogen-bond acceptors (Lipinski definition) is 2. The summed E-state index contributed by atoms with van der Waals surface area (Å²) in [5.41, 5.74) is 1.60.